The zero-order chi connectivity index (χ0) is 14.5. The number of hydrogen-bond donors (Lipinski definition) is 3. The highest BCUT2D eigenvalue weighted by Gasteiger charge is 2.34. The molecule has 0 spiro atoms. The number of rotatable bonds is 5. The third-order valence-corrected chi connectivity index (χ3v) is 4.73. The second kappa shape index (κ2) is 7.38. The standard InChI is InChI=1S/C15H28N2O3/c1-3-20-15(19)13-5-4-12(6-10(13)2)17-8-11-7-16-9-14(11)18/h10-14,16-18H,3-9H2,1-2H3. The Hall–Kier alpha value is -0.650. The van der Waals surface area contributed by atoms with Gasteiger partial charge in [0.25, 0.3) is 0 Å². The first kappa shape index (κ1) is 15.7. The summed E-state index contributed by atoms with van der Waals surface area (Å²) in [5.41, 5.74) is 0. The van der Waals surface area contributed by atoms with E-state index < -0.39 is 0 Å². The number of ether oxygens (including phenoxy) is 1. The lowest BCUT2D eigenvalue weighted by atomic mass is 9.78. The van der Waals surface area contributed by atoms with Crippen LogP contribution in [-0.2, 0) is 9.53 Å². The minimum atomic E-state index is -0.226. The highest BCUT2D eigenvalue weighted by Crippen LogP contribution is 2.31. The van der Waals surface area contributed by atoms with Gasteiger partial charge in [-0.15, -0.1) is 0 Å². The van der Waals surface area contributed by atoms with Crippen LogP contribution in [0.2, 0.25) is 0 Å². The van der Waals surface area contributed by atoms with E-state index in [4.69, 9.17) is 4.74 Å². The van der Waals surface area contributed by atoms with Gasteiger partial charge < -0.3 is 20.5 Å². The molecule has 2 aliphatic rings. The van der Waals surface area contributed by atoms with Crippen LogP contribution >= 0.6 is 0 Å². The molecule has 5 atom stereocenters. The Morgan fingerprint density at radius 3 is 2.80 bits per heavy atom. The molecule has 1 aliphatic carbocycles. The van der Waals surface area contributed by atoms with Crippen LogP contribution in [0, 0.1) is 17.8 Å². The van der Waals surface area contributed by atoms with Crippen molar-refractivity contribution in [1.82, 2.24) is 10.6 Å². The third kappa shape index (κ3) is 3.93. The first-order valence-corrected chi connectivity index (χ1v) is 7.90. The van der Waals surface area contributed by atoms with E-state index in [1.54, 1.807) is 0 Å². The Bertz CT molecular complexity index is 324. The third-order valence-electron chi connectivity index (χ3n) is 4.73. The Morgan fingerprint density at radius 1 is 1.40 bits per heavy atom. The monoisotopic (exact) mass is 284 g/mol. The summed E-state index contributed by atoms with van der Waals surface area (Å²) < 4.78 is 5.14. The lowest BCUT2D eigenvalue weighted by Gasteiger charge is -2.34. The van der Waals surface area contributed by atoms with Gasteiger partial charge in [0.1, 0.15) is 0 Å². The van der Waals surface area contributed by atoms with Crippen LogP contribution in [0.1, 0.15) is 33.1 Å². The molecule has 1 heterocycles. The normalized spacial score (nSPS) is 37.9. The molecule has 5 unspecified atom stereocenters. The van der Waals surface area contributed by atoms with Crippen LogP contribution in [0.25, 0.3) is 0 Å². The lowest BCUT2D eigenvalue weighted by Crippen LogP contribution is -2.42. The van der Waals surface area contributed by atoms with Gasteiger partial charge in [-0.05, 0) is 32.1 Å². The van der Waals surface area contributed by atoms with E-state index in [0.717, 1.165) is 32.4 Å². The number of carbonyl (C=O) groups excluding carboxylic acids is 1. The second-order valence-electron chi connectivity index (χ2n) is 6.24. The molecular formula is C15H28N2O3. The van der Waals surface area contributed by atoms with Crippen LogP contribution in [0.15, 0.2) is 0 Å². The first-order valence-electron chi connectivity index (χ1n) is 7.90. The molecule has 3 N–H and O–H groups in total. The minimum Gasteiger partial charge on any atom is -0.466 e. The summed E-state index contributed by atoms with van der Waals surface area (Å²) >= 11 is 0. The maximum Gasteiger partial charge on any atom is 0.309 e. The predicted molar refractivity (Wildman–Crippen MR) is 77.3 cm³/mol. The summed E-state index contributed by atoms with van der Waals surface area (Å²) in [7, 11) is 0. The molecule has 2 fully saturated rings. The van der Waals surface area contributed by atoms with Gasteiger partial charge in [0, 0.05) is 31.6 Å². The topological polar surface area (TPSA) is 70.6 Å². The van der Waals surface area contributed by atoms with Crippen LogP contribution in [0.4, 0.5) is 0 Å². The Balaban J connectivity index is 1.73. The van der Waals surface area contributed by atoms with Crippen molar-refractivity contribution < 1.29 is 14.6 Å². The van der Waals surface area contributed by atoms with Crippen molar-refractivity contribution in [1.29, 1.82) is 0 Å². The molecule has 1 saturated heterocycles. The van der Waals surface area contributed by atoms with Crippen molar-refractivity contribution >= 4 is 5.97 Å². The highest BCUT2D eigenvalue weighted by atomic mass is 16.5. The van der Waals surface area contributed by atoms with Crippen molar-refractivity contribution in [2.75, 3.05) is 26.2 Å². The molecule has 1 saturated carbocycles. The van der Waals surface area contributed by atoms with Crippen LogP contribution in [0.3, 0.4) is 0 Å². The highest BCUT2D eigenvalue weighted by molar-refractivity contribution is 5.72. The number of carbonyl (C=O) groups is 1. The maximum absolute atomic E-state index is 11.8. The van der Waals surface area contributed by atoms with E-state index in [1.807, 2.05) is 6.92 Å². The van der Waals surface area contributed by atoms with Gasteiger partial charge >= 0.3 is 5.97 Å². The van der Waals surface area contributed by atoms with Gasteiger partial charge in [-0.1, -0.05) is 6.92 Å². The summed E-state index contributed by atoms with van der Waals surface area (Å²) in [4.78, 5) is 11.8. The van der Waals surface area contributed by atoms with Gasteiger partial charge in [-0.2, -0.15) is 0 Å². The van der Waals surface area contributed by atoms with Gasteiger partial charge in [0.15, 0.2) is 0 Å². The summed E-state index contributed by atoms with van der Waals surface area (Å²) in [5, 5.41) is 16.5. The summed E-state index contributed by atoms with van der Waals surface area (Å²) in [5.74, 6) is 0.709. The number of β-amino-alcohol motifs (C(OH)–C–C–N with tert-alkyl or cyclic N) is 1. The zero-order valence-corrected chi connectivity index (χ0v) is 12.6. The van der Waals surface area contributed by atoms with Gasteiger partial charge in [0.2, 0.25) is 0 Å². The predicted octanol–water partition coefficient (Wildman–Crippen LogP) is 0.524. The van der Waals surface area contributed by atoms with Crippen molar-refractivity contribution in [3.05, 3.63) is 0 Å². The zero-order valence-electron chi connectivity index (χ0n) is 12.6. The van der Waals surface area contributed by atoms with E-state index >= 15 is 0 Å². The van der Waals surface area contributed by atoms with Crippen molar-refractivity contribution in [2.24, 2.45) is 17.8 Å². The molecule has 116 valence electrons. The average molecular weight is 284 g/mol. The number of hydrogen-bond acceptors (Lipinski definition) is 5. The smallest absolute Gasteiger partial charge is 0.309 e. The first-order chi connectivity index (χ1) is 9.61. The molecule has 0 aromatic heterocycles. The SMILES string of the molecule is CCOC(=O)C1CCC(NCC2CNCC2O)CC1C. The fourth-order valence-corrected chi connectivity index (χ4v) is 3.43. The van der Waals surface area contributed by atoms with E-state index in [9.17, 15) is 9.90 Å². The van der Waals surface area contributed by atoms with E-state index in [1.165, 1.54) is 0 Å². The molecule has 0 aromatic carbocycles. The maximum atomic E-state index is 11.8. The fraction of sp³-hybridized carbons (Fsp3) is 0.933. The number of aliphatic hydroxyl groups is 1. The quantitative estimate of drug-likeness (QED) is 0.642. The number of esters is 1. The number of nitrogens with one attached hydrogen (secondary N) is 2. The van der Waals surface area contributed by atoms with E-state index in [0.29, 0.717) is 31.0 Å². The molecule has 0 aromatic rings. The minimum absolute atomic E-state index is 0.0335. The number of aliphatic hydroxyl groups excluding tert-OH is 1. The molecule has 0 bridgehead atoms. The van der Waals surface area contributed by atoms with E-state index in [2.05, 4.69) is 17.6 Å². The molecule has 0 amide bonds. The van der Waals surface area contributed by atoms with Gasteiger partial charge in [-0.3, -0.25) is 4.79 Å². The Kier molecular flexibility index (Phi) is 5.81. The van der Waals surface area contributed by atoms with Gasteiger partial charge in [0.05, 0.1) is 18.6 Å². The average Bonchev–Trinajstić information content (AvgIpc) is 2.82. The summed E-state index contributed by atoms with van der Waals surface area (Å²) in [6, 6.07) is 0.462. The second-order valence-corrected chi connectivity index (χ2v) is 6.24. The summed E-state index contributed by atoms with van der Waals surface area (Å²) in [6.07, 6.45) is 2.71. The fourth-order valence-electron chi connectivity index (χ4n) is 3.43. The van der Waals surface area contributed by atoms with Crippen molar-refractivity contribution in [2.45, 2.75) is 45.3 Å². The molecule has 1 aliphatic heterocycles. The Morgan fingerprint density at radius 2 is 2.20 bits per heavy atom. The van der Waals surface area contributed by atoms with Crippen LogP contribution in [-0.4, -0.2) is 49.5 Å². The molecular weight excluding hydrogens is 256 g/mol. The van der Waals surface area contributed by atoms with Gasteiger partial charge in [-0.25, -0.2) is 0 Å². The van der Waals surface area contributed by atoms with Crippen LogP contribution < -0.4 is 10.6 Å². The lowest BCUT2D eigenvalue weighted by molar-refractivity contribution is -0.151. The molecule has 2 rings (SSSR count). The van der Waals surface area contributed by atoms with Crippen molar-refractivity contribution in [3.63, 3.8) is 0 Å². The molecule has 0 radical (unpaired) electrons. The van der Waals surface area contributed by atoms with E-state index in [-0.39, 0.29) is 18.0 Å². The molecule has 20 heavy (non-hydrogen) atoms. The Labute approximate surface area is 121 Å². The van der Waals surface area contributed by atoms with Crippen molar-refractivity contribution in [3.8, 4) is 0 Å². The van der Waals surface area contributed by atoms with Crippen LogP contribution in [0.5, 0.6) is 0 Å². The molecule has 5 heteroatoms. The largest absolute Gasteiger partial charge is 0.466 e. The molecule has 5 nitrogen and oxygen atoms in total. The summed E-state index contributed by atoms with van der Waals surface area (Å²) in [6.45, 7) is 6.92.